The van der Waals surface area contributed by atoms with Crippen LogP contribution in [-0.4, -0.2) is 13.9 Å². The van der Waals surface area contributed by atoms with Crippen molar-refractivity contribution in [3.05, 3.63) is 60.2 Å². The van der Waals surface area contributed by atoms with Crippen LogP contribution in [0.4, 0.5) is 0 Å². The molecule has 0 heterocycles. The average Bonchev–Trinajstić information content (AvgIpc) is 2.52. The van der Waals surface area contributed by atoms with Crippen LogP contribution in [0, 0.1) is 0 Å². The summed E-state index contributed by atoms with van der Waals surface area (Å²) in [6.07, 6.45) is 1.25. The van der Waals surface area contributed by atoms with Crippen molar-refractivity contribution >= 4 is 6.79 Å². The van der Waals surface area contributed by atoms with Gasteiger partial charge in [-0.2, -0.15) is 0 Å². The van der Waals surface area contributed by atoms with E-state index in [-0.39, 0.29) is 0 Å². The van der Waals surface area contributed by atoms with Crippen LogP contribution in [0.3, 0.4) is 0 Å². The minimum absolute atomic E-state index is 0.676. The largest absolute Gasteiger partial charge is 0.380 e. The Balaban J connectivity index is 0.000000641. The molecular weight excluding hydrogens is 248 g/mol. The number of rotatable bonds is 3. The summed E-state index contributed by atoms with van der Waals surface area (Å²) in [5, 5.41) is 0. The maximum absolute atomic E-state index is 8.00. The topological polar surface area (TPSA) is 26.3 Å². The summed E-state index contributed by atoms with van der Waals surface area (Å²) >= 11 is 0. The van der Waals surface area contributed by atoms with Gasteiger partial charge in [-0.25, -0.2) is 0 Å². The van der Waals surface area contributed by atoms with E-state index in [1.807, 2.05) is 12.9 Å². The molecule has 2 aromatic rings. The first-order valence-electron chi connectivity index (χ1n) is 6.74. The Morgan fingerprint density at radius 3 is 1.75 bits per heavy atom. The van der Waals surface area contributed by atoms with Crippen molar-refractivity contribution in [3.63, 3.8) is 0 Å². The molecule has 2 aromatic carbocycles. The van der Waals surface area contributed by atoms with Crippen LogP contribution in [0.5, 0.6) is 0 Å². The van der Waals surface area contributed by atoms with E-state index < -0.39 is 0 Å². The third kappa shape index (κ3) is 6.86. The van der Waals surface area contributed by atoms with Gasteiger partial charge in [0.15, 0.2) is 0 Å². The van der Waals surface area contributed by atoms with Crippen LogP contribution in [0.1, 0.15) is 25.8 Å². The van der Waals surface area contributed by atoms with E-state index >= 15 is 0 Å². The molecule has 108 valence electrons. The van der Waals surface area contributed by atoms with Gasteiger partial charge in [0.25, 0.3) is 0 Å². The zero-order chi connectivity index (χ0) is 15.2. The van der Waals surface area contributed by atoms with Gasteiger partial charge in [-0.1, -0.05) is 74.9 Å². The highest BCUT2D eigenvalue weighted by Crippen LogP contribution is 2.19. The first-order valence-corrected chi connectivity index (χ1v) is 6.74. The molecule has 0 aliphatic rings. The van der Waals surface area contributed by atoms with Crippen LogP contribution >= 0.6 is 0 Å². The lowest BCUT2D eigenvalue weighted by Gasteiger charge is -2.03. The van der Waals surface area contributed by atoms with Gasteiger partial charge in [0, 0.05) is 7.11 Å². The van der Waals surface area contributed by atoms with Gasteiger partial charge < -0.3 is 9.53 Å². The fourth-order valence-electron chi connectivity index (χ4n) is 1.59. The number of carbonyl (C=O) groups excluding carboxylic acids is 1. The van der Waals surface area contributed by atoms with Gasteiger partial charge in [0.1, 0.15) is 6.79 Å². The predicted octanol–water partition coefficient (Wildman–Crippen LogP) is 4.73. The monoisotopic (exact) mass is 272 g/mol. The van der Waals surface area contributed by atoms with E-state index in [9.17, 15) is 0 Å². The molecule has 20 heavy (non-hydrogen) atoms. The second-order valence-corrected chi connectivity index (χ2v) is 4.20. The molecule has 0 radical (unpaired) electrons. The molecule has 0 aliphatic heterocycles. The summed E-state index contributed by atoms with van der Waals surface area (Å²) < 4.78 is 5.07. The standard InChI is InChI=1S/C14H14O.C3H8.CH2O/c1-15-11-12-7-9-14(10-8-12)13-5-3-2-4-6-13;1-3-2;1-2/h2-10H,11H2,1H3;3H2,1-2H3;1H2. The molecule has 0 bridgehead atoms. The molecule has 0 aliphatic carbocycles. The molecule has 0 amide bonds. The second kappa shape index (κ2) is 12.1. The van der Waals surface area contributed by atoms with E-state index in [4.69, 9.17) is 9.53 Å². The minimum atomic E-state index is 0.676. The molecule has 0 unspecified atom stereocenters. The van der Waals surface area contributed by atoms with Crippen LogP contribution in [-0.2, 0) is 16.1 Å². The molecule has 0 saturated carbocycles. The van der Waals surface area contributed by atoms with Crippen LogP contribution in [0.2, 0.25) is 0 Å². The van der Waals surface area contributed by atoms with Crippen molar-refractivity contribution in [1.29, 1.82) is 0 Å². The number of hydrogen-bond donors (Lipinski definition) is 0. The average molecular weight is 272 g/mol. The first-order chi connectivity index (χ1) is 9.81. The van der Waals surface area contributed by atoms with E-state index in [1.54, 1.807) is 7.11 Å². The Hall–Kier alpha value is -1.93. The summed E-state index contributed by atoms with van der Waals surface area (Å²) in [5.74, 6) is 0. The van der Waals surface area contributed by atoms with Crippen molar-refractivity contribution in [2.45, 2.75) is 26.9 Å². The summed E-state index contributed by atoms with van der Waals surface area (Å²) in [5.41, 5.74) is 3.70. The highest BCUT2D eigenvalue weighted by molar-refractivity contribution is 5.63. The fraction of sp³-hybridized carbons (Fsp3) is 0.278. The van der Waals surface area contributed by atoms with Crippen LogP contribution in [0.25, 0.3) is 11.1 Å². The molecule has 0 fully saturated rings. The lowest BCUT2D eigenvalue weighted by molar-refractivity contribution is -0.0979. The summed E-state index contributed by atoms with van der Waals surface area (Å²) in [6, 6.07) is 18.8. The van der Waals surface area contributed by atoms with Gasteiger partial charge in [0.2, 0.25) is 0 Å². The highest BCUT2D eigenvalue weighted by Gasteiger charge is 1.96. The van der Waals surface area contributed by atoms with Crippen LogP contribution < -0.4 is 0 Å². The summed E-state index contributed by atoms with van der Waals surface area (Å²) in [4.78, 5) is 8.00. The van der Waals surface area contributed by atoms with Crippen LogP contribution in [0.15, 0.2) is 54.6 Å². The fourth-order valence-corrected chi connectivity index (χ4v) is 1.59. The molecule has 2 heteroatoms. The predicted molar refractivity (Wildman–Crippen MR) is 85.7 cm³/mol. The molecule has 2 rings (SSSR count). The van der Waals surface area contributed by atoms with E-state index in [1.165, 1.54) is 23.1 Å². The Labute approximate surface area is 122 Å². The van der Waals surface area contributed by atoms with Gasteiger partial charge in [-0.15, -0.1) is 0 Å². The quantitative estimate of drug-likeness (QED) is 0.807. The molecule has 0 spiro atoms. The minimum Gasteiger partial charge on any atom is -0.380 e. The maximum atomic E-state index is 8.00. The van der Waals surface area contributed by atoms with E-state index in [0.29, 0.717) is 6.61 Å². The molecule has 2 nitrogen and oxygen atoms in total. The zero-order valence-corrected chi connectivity index (χ0v) is 12.6. The van der Waals surface area contributed by atoms with E-state index in [2.05, 4.69) is 62.4 Å². The number of benzene rings is 2. The zero-order valence-electron chi connectivity index (χ0n) is 12.6. The molecule has 0 N–H and O–H groups in total. The Bertz CT molecular complexity index is 435. The third-order valence-electron chi connectivity index (χ3n) is 2.37. The number of methoxy groups -OCH3 is 1. The summed E-state index contributed by atoms with van der Waals surface area (Å²) in [7, 11) is 1.71. The lowest BCUT2D eigenvalue weighted by atomic mass is 10.0. The summed E-state index contributed by atoms with van der Waals surface area (Å²) in [6.45, 7) is 6.93. The van der Waals surface area contributed by atoms with E-state index in [0.717, 1.165) is 0 Å². The Morgan fingerprint density at radius 1 is 0.850 bits per heavy atom. The number of carbonyl (C=O) groups is 1. The van der Waals surface area contributed by atoms with Crippen molar-refractivity contribution in [3.8, 4) is 11.1 Å². The van der Waals surface area contributed by atoms with Crippen molar-refractivity contribution < 1.29 is 9.53 Å². The van der Waals surface area contributed by atoms with Gasteiger partial charge in [-0.3, -0.25) is 0 Å². The van der Waals surface area contributed by atoms with Crippen molar-refractivity contribution in [1.82, 2.24) is 0 Å². The highest BCUT2D eigenvalue weighted by atomic mass is 16.5. The molecular formula is C18H24O2. The number of hydrogen-bond acceptors (Lipinski definition) is 2. The molecule has 0 atom stereocenters. The normalized spacial score (nSPS) is 8.75. The van der Waals surface area contributed by atoms with Gasteiger partial charge in [-0.05, 0) is 16.7 Å². The van der Waals surface area contributed by atoms with Crippen molar-refractivity contribution in [2.75, 3.05) is 7.11 Å². The van der Waals surface area contributed by atoms with Gasteiger partial charge in [0.05, 0.1) is 6.61 Å². The third-order valence-corrected chi connectivity index (χ3v) is 2.37. The Morgan fingerprint density at radius 2 is 1.30 bits per heavy atom. The van der Waals surface area contributed by atoms with Gasteiger partial charge >= 0.3 is 0 Å². The second-order valence-electron chi connectivity index (χ2n) is 4.20. The lowest BCUT2D eigenvalue weighted by Crippen LogP contribution is -1.86. The smallest absolute Gasteiger partial charge is 0.106 e. The molecule has 0 saturated heterocycles. The molecule has 0 aromatic heterocycles. The first kappa shape index (κ1) is 18.1. The SMILES string of the molecule is C=O.CCC.COCc1ccc(-c2ccccc2)cc1. The number of ether oxygens (including phenoxy) is 1. The van der Waals surface area contributed by atoms with Crippen molar-refractivity contribution in [2.24, 2.45) is 0 Å². The maximum Gasteiger partial charge on any atom is 0.106 e. The Kier molecular flexibility index (Phi) is 11.0.